The first-order valence-corrected chi connectivity index (χ1v) is 12.4. The Labute approximate surface area is 219 Å². The summed E-state index contributed by atoms with van der Waals surface area (Å²) in [5.74, 6) is -1.35. The number of hydrogen-bond acceptors (Lipinski definition) is 4. The average Bonchev–Trinajstić information content (AvgIpc) is 2.90. The molecule has 1 aromatic heterocycles. The van der Waals surface area contributed by atoms with E-state index in [9.17, 15) is 14.0 Å². The maximum absolute atomic E-state index is 13.5. The normalized spacial score (nSPS) is 11.9. The summed E-state index contributed by atoms with van der Waals surface area (Å²) in [6.07, 6.45) is 1.70. The number of carbonyl (C=O) groups is 2. The highest BCUT2D eigenvalue weighted by atomic mass is 35.5. The van der Waals surface area contributed by atoms with Gasteiger partial charge in [-0.05, 0) is 86.3 Å². The lowest BCUT2D eigenvalue weighted by Gasteiger charge is -2.25. The molecule has 0 spiro atoms. The van der Waals surface area contributed by atoms with Gasteiger partial charge in [0.05, 0.1) is 28.5 Å². The van der Waals surface area contributed by atoms with Crippen molar-refractivity contribution in [2.45, 2.75) is 38.6 Å². The van der Waals surface area contributed by atoms with E-state index in [4.69, 9.17) is 26.7 Å². The second-order valence-electron chi connectivity index (χ2n) is 8.97. The quantitative estimate of drug-likeness (QED) is 0.248. The zero-order valence-corrected chi connectivity index (χ0v) is 21.4. The molecule has 37 heavy (non-hydrogen) atoms. The van der Waals surface area contributed by atoms with Gasteiger partial charge in [-0.1, -0.05) is 23.7 Å². The molecule has 0 aliphatic rings. The summed E-state index contributed by atoms with van der Waals surface area (Å²) in [5, 5.41) is 9.59. The topological polar surface area (TPSA) is 83.4 Å². The maximum atomic E-state index is 13.5. The van der Waals surface area contributed by atoms with E-state index in [1.54, 1.807) is 54.4 Å². The lowest BCUT2D eigenvalue weighted by Crippen LogP contribution is -2.29. The highest BCUT2D eigenvalue weighted by molar-refractivity contribution is 6.30. The van der Waals surface area contributed by atoms with Crippen molar-refractivity contribution >= 4 is 34.5 Å². The monoisotopic (exact) mass is 519 g/mol. The third-order valence-electron chi connectivity index (χ3n) is 6.41. The SMILES string of the molecule is C[C@@H](c1ccc(Cl)cc1)N(C)C(=O)c1ccc2nc(-c3ccc(F)cc3)c(CCCCC(=O)O)nc2c1. The molecule has 0 bridgehead atoms. The van der Waals surface area contributed by atoms with Crippen molar-refractivity contribution in [3.8, 4) is 11.3 Å². The summed E-state index contributed by atoms with van der Waals surface area (Å²) in [6.45, 7) is 1.95. The number of unbranched alkanes of at least 4 members (excludes halogenated alkanes) is 1. The minimum absolute atomic E-state index is 0.0731. The number of rotatable bonds is 9. The number of fused-ring (bicyclic) bond motifs is 1. The van der Waals surface area contributed by atoms with Crippen molar-refractivity contribution < 1.29 is 19.1 Å². The number of hydrogen-bond donors (Lipinski definition) is 1. The van der Waals surface area contributed by atoms with Crippen LogP contribution in [0.15, 0.2) is 66.7 Å². The van der Waals surface area contributed by atoms with Gasteiger partial charge in [0.25, 0.3) is 5.91 Å². The number of carboxylic acids is 1. The van der Waals surface area contributed by atoms with Crippen LogP contribution in [0.2, 0.25) is 5.02 Å². The van der Waals surface area contributed by atoms with Crippen LogP contribution in [0.5, 0.6) is 0 Å². The number of amides is 1. The number of carbonyl (C=O) groups excluding carboxylic acids is 1. The summed E-state index contributed by atoms with van der Waals surface area (Å²) >= 11 is 6.00. The van der Waals surface area contributed by atoms with E-state index in [-0.39, 0.29) is 24.2 Å². The van der Waals surface area contributed by atoms with E-state index in [0.717, 1.165) is 11.1 Å². The summed E-state index contributed by atoms with van der Waals surface area (Å²) in [5.41, 5.74) is 4.65. The Bertz CT molecular complexity index is 1430. The van der Waals surface area contributed by atoms with Crippen LogP contribution in [-0.2, 0) is 11.2 Å². The fourth-order valence-corrected chi connectivity index (χ4v) is 4.28. The minimum atomic E-state index is -0.844. The van der Waals surface area contributed by atoms with Crippen molar-refractivity contribution in [2.24, 2.45) is 0 Å². The Morgan fingerprint density at radius 1 is 0.973 bits per heavy atom. The number of aromatic nitrogens is 2. The predicted octanol–water partition coefficient (Wildman–Crippen LogP) is 6.72. The molecular formula is C29H27ClFN3O3. The standard InChI is InChI=1S/C29H27ClFN3O3/c1-18(19-7-12-22(30)13-8-19)34(2)29(37)21-11-16-24-26(17-21)32-25(5-3-4-6-27(35)36)28(33-24)20-9-14-23(31)15-10-20/h7-18H,3-6H2,1-2H3,(H,35,36)/t18-/m0/s1. The minimum Gasteiger partial charge on any atom is -0.481 e. The summed E-state index contributed by atoms with van der Waals surface area (Å²) in [4.78, 5) is 35.5. The molecule has 0 aliphatic carbocycles. The highest BCUT2D eigenvalue weighted by Crippen LogP contribution is 2.27. The molecule has 0 saturated carbocycles. The second-order valence-corrected chi connectivity index (χ2v) is 9.41. The number of aliphatic carboxylic acids is 1. The largest absolute Gasteiger partial charge is 0.481 e. The van der Waals surface area contributed by atoms with Gasteiger partial charge in [0, 0.05) is 29.6 Å². The van der Waals surface area contributed by atoms with Crippen molar-refractivity contribution in [2.75, 3.05) is 7.05 Å². The molecule has 0 radical (unpaired) electrons. The molecule has 0 aliphatic heterocycles. The van der Waals surface area contributed by atoms with Crippen LogP contribution in [0.3, 0.4) is 0 Å². The zero-order valence-electron chi connectivity index (χ0n) is 20.6. The lowest BCUT2D eigenvalue weighted by atomic mass is 10.0. The van der Waals surface area contributed by atoms with Crippen LogP contribution in [0.25, 0.3) is 22.3 Å². The van der Waals surface area contributed by atoms with E-state index in [2.05, 4.69) is 0 Å². The van der Waals surface area contributed by atoms with Gasteiger partial charge >= 0.3 is 5.97 Å². The molecule has 0 fully saturated rings. The Balaban J connectivity index is 1.65. The smallest absolute Gasteiger partial charge is 0.303 e. The van der Waals surface area contributed by atoms with Crippen LogP contribution in [-0.4, -0.2) is 38.9 Å². The molecule has 0 unspecified atom stereocenters. The third kappa shape index (κ3) is 6.30. The Morgan fingerprint density at radius 2 is 1.68 bits per heavy atom. The summed E-state index contributed by atoms with van der Waals surface area (Å²) in [6, 6.07) is 18.5. The molecule has 1 amide bonds. The van der Waals surface area contributed by atoms with E-state index < -0.39 is 5.97 Å². The van der Waals surface area contributed by atoms with Gasteiger partial charge in [-0.3, -0.25) is 9.59 Å². The number of nitrogens with zero attached hydrogens (tertiary/aromatic N) is 3. The first kappa shape index (κ1) is 26.2. The van der Waals surface area contributed by atoms with Crippen LogP contribution in [0.4, 0.5) is 4.39 Å². The molecular weight excluding hydrogens is 493 g/mol. The fraction of sp³-hybridized carbons (Fsp3) is 0.241. The van der Waals surface area contributed by atoms with Crippen LogP contribution in [0, 0.1) is 5.82 Å². The summed E-state index contributed by atoms with van der Waals surface area (Å²) in [7, 11) is 1.75. The lowest BCUT2D eigenvalue weighted by molar-refractivity contribution is -0.137. The molecule has 1 atom stereocenters. The second kappa shape index (κ2) is 11.5. The molecule has 6 nitrogen and oxygen atoms in total. The molecule has 0 saturated heterocycles. The van der Waals surface area contributed by atoms with Crippen molar-refractivity contribution in [1.29, 1.82) is 0 Å². The highest BCUT2D eigenvalue weighted by Gasteiger charge is 2.20. The first-order chi connectivity index (χ1) is 17.7. The zero-order chi connectivity index (χ0) is 26.5. The predicted molar refractivity (Wildman–Crippen MR) is 142 cm³/mol. The van der Waals surface area contributed by atoms with Gasteiger partial charge in [0.1, 0.15) is 5.82 Å². The van der Waals surface area contributed by atoms with Gasteiger partial charge < -0.3 is 10.0 Å². The van der Waals surface area contributed by atoms with Crippen molar-refractivity contribution in [3.63, 3.8) is 0 Å². The number of benzene rings is 3. The van der Waals surface area contributed by atoms with Gasteiger partial charge in [0.2, 0.25) is 0 Å². The van der Waals surface area contributed by atoms with Crippen LogP contribution in [0.1, 0.15) is 53.8 Å². The molecule has 190 valence electrons. The van der Waals surface area contributed by atoms with E-state index in [1.165, 1.54) is 12.1 Å². The van der Waals surface area contributed by atoms with Crippen LogP contribution < -0.4 is 0 Å². The number of carboxylic acid groups (broad SMARTS) is 1. The Kier molecular flexibility index (Phi) is 8.14. The van der Waals surface area contributed by atoms with E-state index >= 15 is 0 Å². The number of aryl methyl sites for hydroxylation is 1. The van der Waals surface area contributed by atoms with Gasteiger partial charge in [-0.15, -0.1) is 0 Å². The van der Waals surface area contributed by atoms with Gasteiger partial charge in [-0.2, -0.15) is 0 Å². The van der Waals surface area contributed by atoms with Gasteiger partial charge in [0.15, 0.2) is 0 Å². The van der Waals surface area contributed by atoms with Crippen molar-refractivity contribution in [3.05, 3.63) is 94.4 Å². The van der Waals surface area contributed by atoms with Gasteiger partial charge in [-0.25, -0.2) is 14.4 Å². The fourth-order valence-electron chi connectivity index (χ4n) is 4.15. The van der Waals surface area contributed by atoms with E-state index in [0.29, 0.717) is 52.3 Å². The molecule has 3 aromatic carbocycles. The number of halogens is 2. The average molecular weight is 520 g/mol. The third-order valence-corrected chi connectivity index (χ3v) is 6.66. The Morgan fingerprint density at radius 3 is 2.35 bits per heavy atom. The maximum Gasteiger partial charge on any atom is 0.303 e. The van der Waals surface area contributed by atoms with E-state index in [1.807, 2.05) is 19.1 Å². The first-order valence-electron chi connectivity index (χ1n) is 12.0. The molecule has 1 N–H and O–H groups in total. The van der Waals surface area contributed by atoms with Crippen molar-refractivity contribution in [1.82, 2.24) is 14.9 Å². The summed E-state index contributed by atoms with van der Waals surface area (Å²) < 4.78 is 13.5. The molecule has 4 aromatic rings. The molecule has 1 heterocycles. The molecule has 8 heteroatoms. The Hall–Kier alpha value is -3.84. The molecule has 4 rings (SSSR count). The van der Waals surface area contributed by atoms with Crippen LogP contribution >= 0.6 is 11.6 Å².